The normalized spacial score (nSPS) is 32.9. The standard InChI is InChI=1S/C16H24N2O6/c1-16(2,3)22-8-9-7-10(13-12(9)23-15(21-4)24-13)18-6-5-11(19)17-14(18)20/h5-6,9-10,12-13,15H,7-8H2,1-4H3,(H,17,19,20)/t9-,10-,12-,13+,15?/m0/s1. The van der Waals surface area contributed by atoms with Crippen molar-refractivity contribution < 1.29 is 18.9 Å². The molecule has 1 aliphatic heterocycles. The minimum absolute atomic E-state index is 0.0678. The number of ether oxygens (including phenoxy) is 4. The van der Waals surface area contributed by atoms with Crippen molar-refractivity contribution in [1.29, 1.82) is 0 Å². The van der Waals surface area contributed by atoms with Gasteiger partial charge in [0.2, 0.25) is 0 Å². The van der Waals surface area contributed by atoms with Crippen LogP contribution in [0.5, 0.6) is 0 Å². The number of nitrogens with one attached hydrogen (secondary N) is 1. The van der Waals surface area contributed by atoms with Crippen LogP contribution in [-0.2, 0) is 18.9 Å². The zero-order chi connectivity index (χ0) is 17.5. The van der Waals surface area contributed by atoms with Crippen LogP contribution in [-0.4, -0.2) is 47.6 Å². The average molecular weight is 340 g/mol. The molecule has 0 aromatic carbocycles. The Labute approximate surface area is 139 Å². The van der Waals surface area contributed by atoms with Crippen molar-refractivity contribution in [3.8, 4) is 0 Å². The van der Waals surface area contributed by atoms with E-state index in [1.807, 2.05) is 20.8 Å². The van der Waals surface area contributed by atoms with Gasteiger partial charge in [0.25, 0.3) is 12.0 Å². The van der Waals surface area contributed by atoms with Crippen LogP contribution in [0.4, 0.5) is 0 Å². The number of nitrogens with zero attached hydrogens (tertiary/aromatic N) is 1. The third-order valence-electron chi connectivity index (χ3n) is 4.38. The highest BCUT2D eigenvalue weighted by molar-refractivity contribution is 5.01. The van der Waals surface area contributed by atoms with Crippen LogP contribution < -0.4 is 11.2 Å². The number of hydrogen-bond acceptors (Lipinski definition) is 6. The maximum atomic E-state index is 12.1. The Bertz CT molecular complexity index is 691. The summed E-state index contributed by atoms with van der Waals surface area (Å²) in [6.45, 7) is 5.73. The zero-order valence-corrected chi connectivity index (χ0v) is 14.4. The van der Waals surface area contributed by atoms with Gasteiger partial charge in [-0.3, -0.25) is 14.3 Å². The predicted molar refractivity (Wildman–Crippen MR) is 84.7 cm³/mol. The number of aromatic amines is 1. The summed E-state index contributed by atoms with van der Waals surface area (Å²) in [5, 5.41) is 0. The minimum atomic E-state index is -0.751. The van der Waals surface area contributed by atoms with Crippen LogP contribution in [0.2, 0.25) is 0 Å². The number of H-pyrrole nitrogens is 1. The first-order chi connectivity index (χ1) is 11.3. The summed E-state index contributed by atoms with van der Waals surface area (Å²) in [6, 6.07) is 1.09. The lowest BCUT2D eigenvalue weighted by molar-refractivity contribution is -0.238. The molecular formula is C16H24N2O6. The molecule has 134 valence electrons. The smallest absolute Gasteiger partial charge is 0.328 e. The van der Waals surface area contributed by atoms with Crippen molar-refractivity contribution in [2.24, 2.45) is 5.92 Å². The van der Waals surface area contributed by atoms with Gasteiger partial charge in [0.1, 0.15) is 6.10 Å². The summed E-state index contributed by atoms with van der Waals surface area (Å²) in [6.07, 6.45) is 1.61. The lowest BCUT2D eigenvalue weighted by Crippen LogP contribution is -2.36. The molecular weight excluding hydrogens is 316 g/mol. The van der Waals surface area contributed by atoms with Gasteiger partial charge < -0.3 is 18.9 Å². The Morgan fingerprint density at radius 1 is 1.29 bits per heavy atom. The first-order valence-electron chi connectivity index (χ1n) is 8.07. The molecule has 3 rings (SSSR count). The zero-order valence-electron chi connectivity index (χ0n) is 14.4. The maximum Gasteiger partial charge on any atom is 0.328 e. The molecule has 1 aromatic rings. The summed E-state index contributed by atoms with van der Waals surface area (Å²) < 4.78 is 24.2. The first-order valence-corrected chi connectivity index (χ1v) is 8.07. The van der Waals surface area contributed by atoms with Crippen LogP contribution in [0.1, 0.15) is 33.2 Å². The fourth-order valence-corrected chi connectivity index (χ4v) is 3.30. The number of fused-ring (bicyclic) bond motifs is 1. The molecule has 1 saturated carbocycles. The van der Waals surface area contributed by atoms with Gasteiger partial charge in [0.05, 0.1) is 24.4 Å². The Hall–Kier alpha value is -1.48. The summed E-state index contributed by atoms with van der Waals surface area (Å²) in [4.78, 5) is 25.7. The summed E-state index contributed by atoms with van der Waals surface area (Å²) in [5.41, 5.74) is -1.13. The van der Waals surface area contributed by atoms with Gasteiger partial charge in [-0.25, -0.2) is 4.79 Å². The van der Waals surface area contributed by atoms with Gasteiger partial charge in [-0.15, -0.1) is 0 Å². The molecule has 0 bridgehead atoms. The maximum absolute atomic E-state index is 12.1. The molecule has 5 atom stereocenters. The third-order valence-corrected chi connectivity index (χ3v) is 4.38. The van der Waals surface area contributed by atoms with Crippen LogP contribution in [0.3, 0.4) is 0 Å². The van der Waals surface area contributed by atoms with E-state index in [1.54, 1.807) is 0 Å². The third kappa shape index (κ3) is 3.46. The van der Waals surface area contributed by atoms with Crippen molar-refractivity contribution in [2.75, 3.05) is 13.7 Å². The molecule has 2 heterocycles. The highest BCUT2D eigenvalue weighted by Gasteiger charge is 2.52. The topological polar surface area (TPSA) is 91.8 Å². The second kappa shape index (κ2) is 6.44. The second-order valence-electron chi connectivity index (χ2n) is 7.23. The monoisotopic (exact) mass is 340 g/mol. The van der Waals surface area contributed by atoms with Gasteiger partial charge in [-0.1, -0.05) is 0 Å². The van der Waals surface area contributed by atoms with Crippen molar-refractivity contribution in [3.63, 3.8) is 0 Å². The van der Waals surface area contributed by atoms with Crippen molar-refractivity contribution >= 4 is 0 Å². The van der Waals surface area contributed by atoms with E-state index in [1.165, 1.54) is 23.9 Å². The van der Waals surface area contributed by atoms with E-state index < -0.39 is 17.7 Å². The molecule has 2 fully saturated rings. The molecule has 2 aliphatic rings. The SMILES string of the molecule is COC1O[C@H]2[C@H](COC(C)(C)C)C[C@H](n3ccc(=O)[nH]c3=O)[C@H]2O1. The summed E-state index contributed by atoms with van der Waals surface area (Å²) in [5.74, 6) is 0.0678. The summed E-state index contributed by atoms with van der Waals surface area (Å²) >= 11 is 0. The molecule has 0 amide bonds. The lowest BCUT2D eigenvalue weighted by Gasteiger charge is -2.24. The molecule has 8 nitrogen and oxygen atoms in total. The van der Waals surface area contributed by atoms with E-state index in [9.17, 15) is 9.59 Å². The quantitative estimate of drug-likeness (QED) is 0.864. The molecule has 24 heavy (non-hydrogen) atoms. The van der Waals surface area contributed by atoms with E-state index in [0.29, 0.717) is 13.0 Å². The molecule has 1 unspecified atom stereocenters. The van der Waals surface area contributed by atoms with Gasteiger partial charge >= 0.3 is 5.69 Å². The van der Waals surface area contributed by atoms with Gasteiger partial charge in [0, 0.05) is 25.3 Å². The molecule has 0 spiro atoms. The number of hydrogen-bond donors (Lipinski definition) is 1. The van der Waals surface area contributed by atoms with Crippen molar-refractivity contribution in [3.05, 3.63) is 33.1 Å². The fourth-order valence-electron chi connectivity index (χ4n) is 3.30. The molecule has 8 heteroatoms. The Kier molecular flexibility index (Phi) is 4.65. The van der Waals surface area contributed by atoms with Crippen LogP contribution >= 0.6 is 0 Å². The Morgan fingerprint density at radius 2 is 2.00 bits per heavy atom. The Morgan fingerprint density at radius 3 is 2.62 bits per heavy atom. The highest BCUT2D eigenvalue weighted by atomic mass is 16.9. The fraction of sp³-hybridized carbons (Fsp3) is 0.750. The predicted octanol–water partition coefficient (Wildman–Crippen LogP) is 0.627. The van der Waals surface area contributed by atoms with E-state index in [0.717, 1.165) is 0 Å². The van der Waals surface area contributed by atoms with E-state index in [-0.39, 0.29) is 29.8 Å². The lowest BCUT2D eigenvalue weighted by atomic mass is 10.1. The first kappa shape index (κ1) is 17.3. The molecule has 1 aromatic heterocycles. The van der Waals surface area contributed by atoms with Gasteiger partial charge in [-0.05, 0) is 27.2 Å². The van der Waals surface area contributed by atoms with Gasteiger partial charge in [-0.2, -0.15) is 0 Å². The second-order valence-corrected chi connectivity index (χ2v) is 7.23. The number of rotatable bonds is 4. The van der Waals surface area contributed by atoms with Crippen molar-refractivity contribution in [1.82, 2.24) is 9.55 Å². The van der Waals surface area contributed by atoms with Crippen LogP contribution in [0.15, 0.2) is 21.9 Å². The van der Waals surface area contributed by atoms with E-state index in [2.05, 4.69) is 4.98 Å². The molecule has 0 radical (unpaired) electrons. The van der Waals surface area contributed by atoms with E-state index >= 15 is 0 Å². The van der Waals surface area contributed by atoms with E-state index in [4.69, 9.17) is 18.9 Å². The number of methoxy groups -OCH3 is 1. The number of aromatic nitrogens is 2. The van der Waals surface area contributed by atoms with Gasteiger partial charge in [0.15, 0.2) is 0 Å². The molecule has 1 aliphatic carbocycles. The molecule has 1 saturated heterocycles. The average Bonchev–Trinajstić information content (AvgIpc) is 3.04. The summed E-state index contributed by atoms with van der Waals surface area (Å²) in [7, 11) is 1.51. The van der Waals surface area contributed by atoms with Crippen LogP contribution in [0.25, 0.3) is 0 Å². The highest BCUT2D eigenvalue weighted by Crippen LogP contribution is 2.43. The molecule has 1 N–H and O–H groups in total. The van der Waals surface area contributed by atoms with Crippen LogP contribution in [0, 0.1) is 5.92 Å². The Balaban J connectivity index is 1.84. The largest absolute Gasteiger partial charge is 0.375 e. The minimum Gasteiger partial charge on any atom is -0.375 e. The van der Waals surface area contributed by atoms with Crippen molar-refractivity contribution in [2.45, 2.75) is 57.5 Å².